The number of carbonyl (C=O) groups excluding carboxylic acids is 1. The fraction of sp³-hybridized carbons (Fsp3) is 0.267. The van der Waals surface area contributed by atoms with Gasteiger partial charge in [-0.2, -0.15) is 10.2 Å². The Morgan fingerprint density at radius 3 is 2.25 bits per heavy atom. The van der Waals surface area contributed by atoms with Gasteiger partial charge in [0, 0.05) is 35.6 Å². The fourth-order valence-electron chi connectivity index (χ4n) is 6.42. The molecule has 306 valence electrons. The lowest BCUT2D eigenvalue weighted by Crippen LogP contribution is -2.38. The number of anilines is 1. The van der Waals surface area contributed by atoms with E-state index in [0.29, 0.717) is 17.1 Å². The lowest BCUT2D eigenvalue weighted by molar-refractivity contribution is 0.0801. The Morgan fingerprint density at radius 2 is 1.59 bits per heavy atom. The Hall–Kier alpha value is -5.85. The summed E-state index contributed by atoms with van der Waals surface area (Å²) in [5.74, 6) is 0.290. The second-order valence-electron chi connectivity index (χ2n) is 15.4. The van der Waals surface area contributed by atoms with E-state index in [2.05, 4.69) is 41.9 Å². The summed E-state index contributed by atoms with van der Waals surface area (Å²) in [5, 5.41) is 14.8. The van der Waals surface area contributed by atoms with Crippen molar-refractivity contribution < 1.29 is 32.1 Å². The first-order chi connectivity index (χ1) is 28.4. The summed E-state index contributed by atoms with van der Waals surface area (Å²) < 4.78 is 55.1. The van der Waals surface area contributed by atoms with Crippen molar-refractivity contribution in [2.24, 2.45) is 5.10 Å². The minimum atomic E-state index is -4.10. The van der Waals surface area contributed by atoms with Crippen molar-refractivity contribution >= 4 is 25.9 Å². The Labute approximate surface area is 343 Å². The summed E-state index contributed by atoms with van der Waals surface area (Å²) in [5.41, 5.74) is 7.12. The smallest absolute Gasteiger partial charge is 0.475 e. The van der Waals surface area contributed by atoms with Crippen LogP contribution in [0, 0.1) is 12.7 Å². The van der Waals surface area contributed by atoms with E-state index in [0.717, 1.165) is 33.6 Å². The van der Waals surface area contributed by atoms with E-state index < -0.39 is 25.3 Å². The maximum absolute atomic E-state index is 14.9. The third-order valence-electron chi connectivity index (χ3n) is 9.73. The largest absolute Gasteiger partial charge is 0.479 e. The topological polar surface area (TPSA) is 137 Å². The average molecular weight is 819 g/mol. The molecule has 0 radical (unpaired) electrons. The van der Waals surface area contributed by atoms with Crippen molar-refractivity contribution in [2.75, 3.05) is 11.9 Å². The zero-order valence-electron chi connectivity index (χ0n) is 33.4. The number of nitrogens with one attached hydrogen (secondary N) is 3. The summed E-state index contributed by atoms with van der Waals surface area (Å²) in [7, 11) is -4.10. The number of fused-ring (bicyclic) bond motifs is 1. The van der Waals surface area contributed by atoms with Crippen molar-refractivity contribution in [2.45, 2.75) is 70.9 Å². The molecule has 0 fully saturated rings. The molecule has 1 aromatic heterocycles. The van der Waals surface area contributed by atoms with Crippen molar-refractivity contribution in [3.05, 3.63) is 167 Å². The van der Waals surface area contributed by atoms with Crippen LogP contribution >= 0.6 is 7.82 Å². The number of aryl methyl sites for hydroxylation is 1. The van der Waals surface area contributed by atoms with Gasteiger partial charge in [0.1, 0.15) is 23.0 Å². The number of nitrogens with zero attached hydrogens (tertiary/aromatic N) is 3. The van der Waals surface area contributed by atoms with Crippen LogP contribution in [0.3, 0.4) is 0 Å². The van der Waals surface area contributed by atoms with E-state index in [4.69, 9.17) is 23.4 Å². The molecule has 2 atom stereocenters. The van der Waals surface area contributed by atoms with Crippen molar-refractivity contribution in [1.82, 2.24) is 20.5 Å². The van der Waals surface area contributed by atoms with Crippen LogP contribution in [0.4, 0.5) is 15.0 Å². The van der Waals surface area contributed by atoms with Gasteiger partial charge < -0.3 is 10.1 Å². The maximum Gasteiger partial charge on any atom is 0.475 e. The van der Waals surface area contributed by atoms with E-state index in [9.17, 15) is 13.8 Å². The lowest BCUT2D eigenvalue weighted by Gasteiger charge is -2.33. The Kier molecular flexibility index (Phi) is 12.6. The number of halogens is 1. The third kappa shape index (κ3) is 10.8. The number of hydrazone groups is 1. The first kappa shape index (κ1) is 41.3. The molecule has 2 heterocycles. The highest BCUT2D eigenvalue weighted by molar-refractivity contribution is 7.48. The summed E-state index contributed by atoms with van der Waals surface area (Å²) in [6, 6.07) is 31.8. The first-order valence-corrected chi connectivity index (χ1v) is 20.8. The molecule has 14 heteroatoms. The highest BCUT2D eigenvalue weighted by Gasteiger charge is 2.36. The van der Waals surface area contributed by atoms with Gasteiger partial charge in [-0.3, -0.25) is 24.3 Å². The van der Waals surface area contributed by atoms with Crippen LogP contribution in [-0.4, -0.2) is 40.3 Å². The van der Waals surface area contributed by atoms with Gasteiger partial charge in [-0.15, -0.1) is 0 Å². The normalized spacial score (nSPS) is 17.2. The van der Waals surface area contributed by atoms with E-state index >= 15 is 0 Å². The molecule has 1 aliphatic carbocycles. The molecule has 5 aromatic rings. The predicted octanol–water partition coefficient (Wildman–Crippen LogP) is 9.46. The highest BCUT2D eigenvalue weighted by atomic mass is 31.2. The molecule has 2 unspecified atom stereocenters. The van der Waals surface area contributed by atoms with Crippen molar-refractivity contribution in [3.8, 4) is 11.4 Å². The number of carbonyl (C=O) groups is 1. The van der Waals surface area contributed by atoms with Crippen LogP contribution in [0.2, 0.25) is 0 Å². The van der Waals surface area contributed by atoms with Gasteiger partial charge in [-0.05, 0) is 60.5 Å². The van der Waals surface area contributed by atoms with Gasteiger partial charge in [0.2, 0.25) is 0 Å². The predicted molar refractivity (Wildman–Crippen MR) is 226 cm³/mol. The Morgan fingerprint density at radius 1 is 0.915 bits per heavy atom. The second-order valence-corrected chi connectivity index (χ2v) is 17.1. The summed E-state index contributed by atoms with van der Waals surface area (Å²) in [6.07, 6.45) is 7.53. The van der Waals surface area contributed by atoms with E-state index in [1.165, 1.54) is 18.2 Å². The van der Waals surface area contributed by atoms with Crippen molar-refractivity contribution in [3.63, 3.8) is 0 Å². The van der Waals surface area contributed by atoms with Crippen molar-refractivity contribution in [1.29, 1.82) is 0 Å². The molecule has 2 aliphatic rings. The van der Waals surface area contributed by atoms with Crippen LogP contribution < -0.4 is 20.8 Å². The molecule has 2 amide bonds. The number of rotatable bonds is 16. The Balaban J connectivity index is 1.08. The third-order valence-corrected chi connectivity index (χ3v) is 11.1. The Bertz CT molecular complexity index is 2330. The number of hydrogen-bond donors (Lipinski definition) is 3. The molecule has 59 heavy (non-hydrogen) atoms. The second kappa shape index (κ2) is 18.0. The summed E-state index contributed by atoms with van der Waals surface area (Å²) in [6.45, 7) is 7.99. The van der Waals surface area contributed by atoms with E-state index in [1.807, 2.05) is 116 Å². The minimum Gasteiger partial charge on any atom is -0.479 e. The molecule has 0 saturated heterocycles. The fourth-order valence-corrected chi connectivity index (χ4v) is 7.57. The molecule has 1 aliphatic heterocycles. The van der Waals surface area contributed by atoms with E-state index in [-0.39, 0.29) is 44.2 Å². The molecule has 0 spiro atoms. The maximum atomic E-state index is 14.9. The quantitative estimate of drug-likeness (QED) is 0.0662. The van der Waals surface area contributed by atoms with Crippen LogP contribution in [0.15, 0.2) is 138 Å². The molecule has 7 rings (SSSR count). The first-order valence-electron chi connectivity index (χ1n) is 19.4. The van der Waals surface area contributed by atoms with Crippen LogP contribution in [0.1, 0.15) is 55.1 Å². The number of phosphoric ester groups is 1. The number of hydrogen-bond acceptors (Lipinski definition) is 9. The van der Waals surface area contributed by atoms with Crippen LogP contribution in [0.5, 0.6) is 5.75 Å². The number of aromatic nitrogens is 2. The molecular weight excluding hydrogens is 771 g/mol. The zero-order valence-corrected chi connectivity index (χ0v) is 34.3. The highest BCUT2D eigenvalue weighted by Crippen LogP contribution is 2.51. The number of ether oxygens (including phenoxy) is 1. The average Bonchev–Trinajstić information content (AvgIpc) is 3.88. The van der Waals surface area contributed by atoms with E-state index in [1.54, 1.807) is 10.9 Å². The lowest BCUT2D eigenvalue weighted by atomic mass is 9.88. The minimum absolute atomic E-state index is 0.00782. The van der Waals surface area contributed by atoms with Gasteiger partial charge in [-0.1, -0.05) is 105 Å². The van der Waals surface area contributed by atoms with Crippen LogP contribution in [0.25, 0.3) is 5.69 Å². The summed E-state index contributed by atoms with van der Waals surface area (Å²) >= 11 is 0. The monoisotopic (exact) mass is 818 g/mol. The van der Waals surface area contributed by atoms with Gasteiger partial charge in [-0.25, -0.2) is 18.4 Å². The molecule has 12 nitrogen and oxygen atoms in total. The van der Waals surface area contributed by atoms with Crippen LogP contribution in [-0.2, 0) is 43.3 Å². The molecule has 0 bridgehead atoms. The SMILES string of the molecule is Cc1ccc(-n2nc(C(C)(C)C)cc2NC(=O)NCc2cc(F)ccc2OC2(CCOP(=O)(OCc3ccccc3)OCc3ccccc3)C=CC3NN=CC3=C2)cc1. The van der Waals surface area contributed by atoms with Gasteiger partial charge in [0.15, 0.2) is 0 Å². The molecular formula is C45H48FN6O6P. The van der Waals surface area contributed by atoms with Gasteiger partial charge >= 0.3 is 13.9 Å². The zero-order chi connectivity index (χ0) is 41.5. The number of benzene rings is 4. The molecule has 3 N–H and O–H groups in total. The molecule has 0 saturated carbocycles. The van der Waals surface area contributed by atoms with Gasteiger partial charge in [0.25, 0.3) is 0 Å². The number of phosphoric acid groups is 1. The van der Waals surface area contributed by atoms with Gasteiger partial charge in [0.05, 0.1) is 43.5 Å². The summed E-state index contributed by atoms with van der Waals surface area (Å²) in [4.78, 5) is 13.5. The molecule has 4 aromatic carbocycles. The number of amides is 2. The number of urea groups is 1. The standard InChI is InChI=1S/C45H48FN6O6P/c1-32-15-18-38(19-16-32)52-42(26-41(51-52)44(2,3)4)49-43(53)47-28-35-25-37(46)17-20-40(35)58-45(22-21-39-36(27-45)29-48-50-39)23-24-55-59(54,56-30-33-11-7-5-8-12-33)57-31-34-13-9-6-10-14-34/h5-22,25-27,29,39,50H,23-24,28,30-31H2,1-4H3,(H2,47,49,53).